The van der Waals surface area contributed by atoms with Gasteiger partial charge < -0.3 is 16.4 Å². The molecule has 0 spiro atoms. The molecule has 8 heteroatoms. The first-order valence-electron chi connectivity index (χ1n) is 8.23. The van der Waals surface area contributed by atoms with E-state index in [1.54, 1.807) is 6.92 Å². The van der Waals surface area contributed by atoms with E-state index in [9.17, 15) is 19.2 Å². The summed E-state index contributed by atoms with van der Waals surface area (Å²) in [4.78, 5) is 48.0. The van der Waals surface area contributed by atoms with E-state index in [1.807, 2.05) is 36.6 Å². The Bertz CT molecular complexity index is 651. The quantitative estimate of drug-likeness (QED) is 0.504. The molecule has 3 unspecified atom stereocenters. The fourth-order valence-electron chi connectivity index (χ4n) is 2.22. The van der Waals surface area contributed by atoms with Crippen molar-refractivity contribution < 1.29 is 19.2 Å². The summed E-state index contributed by atoms with van der Waals surface area (Å²) in [6.45, 7) is 3.12. The Hall–Kier alpha value is -2.35. The zero-order valence-electron chi connectivity index (χ0n) is 15.2. The van der Waals surface area contributed by atoms with Gasteiger partial charge in [0.15, 0.2) is 0 Å². The molecule has 0 aliphatic carbocycles. The van der Waals surface area contributed by atoms with Gasteiger partial charge in [0.1, 0.15) is 12.1 Å². The predicted molar refractivity (Wildman–Crippen MR) is 101 cm³/mol. The molecular weight excluding hydrogens is 354 g/mol. The van der Waals surface area contributed by atoms with Crippen LogP contribution in [0.3, 0.4) is 0 Å². The molecule has 26 heavy (non-hydrogen) atoms. The molecule has 0 heterocycles. The number of hydrogen-bond acceptors (Lipinski definition) is 5. The standard InChI is InChI=1S/C18H25N3O4S/c1-11(10-26-3)15(22)18(25)21-14(9-13-7-5-4-6-8-13)17(24)20-12(2)16(19)23/h4-8,11-12,14H,9-10H2,1-3H3,(H2,19,23)(H,20,24)(H,21,25). The molecule has 0 fully saturated rings. The molecule has 3 amide bonds. The van der Waals surface area contributed by atoms with Crippen LogP contribution in [0.2, 0.25) is 0 Å². The second-order valence-corrected chi connectivity index (χ2v) is 6.98. The number of primary amides is 1. The molecular formula is C18H25N3O4S. The molecule has 0 aliphatic rings. The van der Waals surface area contributed by atoms with Crippen LogP contribution in [-0.2, 0) is 25.6 Å². The van der Waals surface area contributed by atoms with Crippen LogP contribution >= 0.6 is 11.8 Å². The van der Waals surface area contributed by atoms with Crippen molar-refractivity contribution in [2.45, 2.75) is 32.4 Å². The fourth-order valence-corrected chi connectivity index (χ4v) is 2.87. The summed E-state index contributed by atoms with van der Waals surface area (Å²) in [5, 5.41) is 4.94. The third-order valence-electron chi connectivity index (χ3n) is 3.78. The molecule has 142 valence electrons. The predicted octanol–water partition coefficient (Wildman–Crippen LogP) is 0.272. The van der Waals surface area contributed by atoms with Crippen molar-refractivity contribution in [2.24, 2.45) is 11.7 Å². The Morgan fingerprint density at radius 3 is 2.23 bits per heavy atom. The van der Waals surface area contributed by atoms with Crippen LogP contribution in [0.25, 0.3) is 0 Å². The minimum Gasteiger partial charge on any atom is -0.368 e. The van der Waals surface area contributed by atoms with Crippen LogP contribution < -0.4 is 16.4 Å². The SMILES string of the molecule is CSCC(C)C(=O)C(=O)NC(Cc1ccccc1)C(=O)NC(C)C(N)=O. The van der Waals surface area contributed by atoms with Crippen molar-refractivity contribution in [1.82, 2.24) is 10.6 Å². The van der Waals surface area contributed by atoms with Gasteiger partial charge in [0.25, 0.3) is 5.91 Å². The van der Waals surface area contributed by atoms with Crippen LogP contribution in [0.5, 0.6) is 0 Å². The number of benzene rings is 1. The largest absolute Gasteiger partial charge is 0.368 e. The zero-order valence-corrected chi connectivity index (χ0v) is 16.0. The van der Waals surface area contributed by atoms with Crippen LogP contribution in [0, 0.1) is 5.92 Å². The summed E-state index contributed by atoms with van der Waals surface area (Å²) in [5.74, 6) is -2.58. The second kappa shape index (κ2) is 10.6. The van der Waals surface area contributed by atoms with Gasteiger partial charge >= 0.3 is 0 Å². The lowest BCUT2D eigenvalue weighted by molar-refractivity contribution is -0.141. The van der Waals surface area contributed by atoms with Crippen LogP contribution in [-0.4, -0.2) is 47.6 Å². The smallest absolute Gasteiger partial charge is 0.288 e. The van der Waals surface area contributed by atoms with E-state index in [0.29, 0.717) is 5.75 Å². The Morgan fingerprint density at radius 1 is 1.08 bits per heavy atom. The van der Waals surface area contributed by atoms with E-state index in [4.69, 9.17) is 5.73 Å². The van der Waals surface area contributed by atoms with E-state index in [0.717, 1.165) is 5.56 Å². The lowest BCUT2D eigenvalue weighted by atomic mass is 10.0. The first kappa shape index (κ1) is 21.7. The number of nitrogens with one attached hydrogen (secondary N) is 2. The highest BCUT2D eigenvalue weighted by Gasteiger charge is 2.28. The number of nitrogens with two attached hydrogens (primary N) is 1. The Labute approximate surface area is 157 Å². The number of Topliss-reactive ketones (excluding diaryl/α,β-unsaturated/α-hetero) is 1. The molecule has 0 aliphatic heterocycles. The number of carbonyl (C=O) groups excluding carboxylic acids is 4. The molecule has 7 nitrogen and oxygen atoms in total. The Kier molecular flexibility index (Phi) is 8.84. The van der Waals surface area contributed by atoms with Gasteiger partial charge in [-0.1, -0.05) is 37.3 Å². The molecule has 3 atom stereocenters. The van der Waals surface area contributed by atoms with Gasteiger partial charge in [0.2, 0.25) is 17.6 Å². The summed E-state index contributed by atoms with van der Waals surface area (Å²) < 4.78 is 0. The highest BCUT2D eigenvalue weighted by atomic mass is 32.2. The first-order chi connectivity index (χ1) is 12.3. The van der Waals surface area contributed by atoms with E-state index >= 15 is 0 Å². The number of thioether (sulfide) groups is 1. The molecule has 1 rings (SSSR count). The molecule has 0 bridgehead atoms. The van der Waals surface area contributed by atoms with Crippen molar-refractivity contribution in [3.05, 3.63) is 35.9 Å². The number of amides is 3. The van der Waals surface area contributed by atoms with E-state index in [2.05, 4.69) is 10.6 Å². The monoisotopic (exact) mass is 379 g/mol. The van der Waals surface area contributed by atoms with E-state index in [-0.39, 0.29) is 6.42 Å². The second-order valence-electron chi connectivity index (χ2n) is 6.07. The first-order valence-corrected chi connectivity index (χ1v) is 9.62. The van der Waals surface area contributed by atoms with Gasteiger partial charge in [-0.15, -0.1) is 0 Å². The summed E-state index contributed by atoms with van der Waals surface area (Å²) in [7, 11) is 0. The maximum Gasteiger partial charge on any atom is 0.288 e. The van der Waals surface area contributed by atoms with Gasteiger partial charge in [-0.3, -0.25) is 19.2 Å². The van der Waals surface area contributed by atoms with E-state index < -0.39 is 41.5 Å². The van der Waals surface area contributed by atoms with E-state index in [1.165, 1.54) is 18.7 Å². The normalized spacial score (nSPS) is 14.0. The fraction of sp³-hybridized carbons (Fsp3) is 0.444. The van der Waals surface area contributed by atoms with Crippen LogP contribution in [0.15, 0.2) is 30.3 Å². The van der Waals surface area contributed by atoms with Gasteiger partial charge in [-0.25, -0.2) is 0 Å². The van der Waals surface area contributed by atoms with Crippen molar-refractivity contribution in [3.8, 4) is 0 Å². The minimum atomic E-state index is -0.989. The molecule has 0 aromatic heterocycles. The van der Waals surface area contributed by atoms with Crippen molar-refractivity contribution in [2.75, 3.05) is 12.0 Å². The third kappa shape index (κ3) is 6.87. The lowest BCUT2D eigenvalue weighted by Crippen LogP contribution is -2.54. The number of rotatable bonds is 10. The molecule has 0 radical (unpaired) electrons. The highest BCUT2D eigenvalue weighted by molar-refractivity contribution is 7.98. The number of ketones is 1. The van der Waals surface area contributed by atoms with Crippen molar-refractivity contribution in [1.29, 1.82) is 0 Å². The summed E-state index contributed by atoms with van der Waals surface area (Å²) in [5.41, 5.74) is 5.97. The maximum absolute atomic E-state index is 12.5. The van der Waals surface area contributed by atoms with Crippen LogP contribution in [0.1, 0.15) is 19.4 Å². The van der Waals surface area contributed by atoms with Gasteiger partial charge in [-0.05, 0) is 18.7 Å². The Balaban J connectivity index is 2.89. The zero-order chi connectivity index (χ0) is 19.7. The highest BCUT2D eigenvalue weighted by Crippen LogP contribution is 2.08. The summed E-state index contributed by atoms with van der Waals surface area (Å²) in [6, 6.07) is 7.19. The maximum atomic E-state index is 12.5. The van der Waals surface area contributed by atoms with Gasteiger partial charge in [0, 0.05) is 18.1 Å². The van der Waals surface area contributed by atoms with Crippen LogP contribution in [0.4, 0.5) is 0 Å². The molecule has 1 aromatic carbocycles. The third-order valence-corrected chi connectivity index (χ3v) is 4.61. The van der Waals surface area contributed by atoms with Gasteiger partial charge in [0.05, 0.1) is 0 Å². The number of carbonyl (C=O) groups is 4. The average Bonchev–Trinajstić information content (AvgIpc) is 2.61. The minimum absolute atomic E-state index is 0.189. The Morgan fingerprint density at radius 2 is 1.69 bits per heavy atom. The average molecular weight is 379 g/mol. The van der Waals surface area contributed by atoms with Crippen molar-refractivity contribution >= 4 is 35.3 Å². The van der Waals surface area contributed by atoms with Crippen molar-refractivity contribution in [3.63, 3.8) is 0 Å². The summed E-state index contributed by atoms with van der Waals surface area (Å²) >= 11 is 1.46. The molecule has 1 aromatic rings. The lowest BCUT2D eigenvalue weighted by Gasteiger charge is -2.21. The molecule has 4 N–H and O–H groups in total. The topological polar surface area (TPSA) is 118 Å². The molecule has 0 saturated heterocycles. The summed E-state index contributed by atoms with van der Waals surface area (Å²) in [6.07, 6.45) is 2.03. The number of hydrogen-bond donors (Lipinski definition) is 3. The molecule has 0 saturated carbocycles. The van der Waals surface area contributed by atoms with Gasteiger partial charge in [-0.2, -0.15) is 11.8 Å².